The van der Waals surface area contributed by atoms with Crippen molar-refractivity contribution in [1.82, 2.24) is 0 Å². The number of thioether (sulfide) groups is 1. The van der Waals surface area contributed by atoms with E-state index in [0.29, 0.717) is 5.41 Å². The molecule has 0 atom stereocenters. The molecule has 0 amide bonds. The Kier molecular flexibility index (Phi) is 7.06. The molecule has 0 rings (SSSR count). The summed E-state index contributed by atoms with van der Waals surface area (Å²) in [6, 6.07) is 0. The third-order valence-electron chi connectivity index (χ3n) is 2.23. The van der Waals surface area contributed by atoms with Crippen LogP contribution in [0.3, 0.4) is 0 Å². The summed E-state index contributed by atoms with van der Waals surface area (Å²) in [5, 5.41) is 0. The van der Waals surface area contributed by atoms with Crippen LogP contribution in [0.25, 0.3) is 0 Å². The molecule has 0 aromatic heterocycles. The van der Waals surface area contributed by atoms with Gasteiger partial charge in [-0.2, -0.15) is 0 Å². The van der Waals surface area contributed by atoms with Crippen LogP contribution in [0.1, 0.15) is 53.4 Å². The second kappa shape index (κ2) is 6.83. The molecule has 0 bridgehead atoms. The van der Waals surface area contributed by atoms with Crippen LogP contribution in [0.5, 0.6) is 0 Å². The van der Waals surface area contributed by atoms with Crippen LogP contribution < -0.4 is 0 Å². The predicted octanol–water partition coefficient (Wildman–Crippen LogP) is 4.67. The highest BCUT2D eigenvalue weighted by Crippen LogP contribution is 2.28. The highest BCUT2D eigenvalue weighted by atomic mass is 32.2. The average molecular weight is 218 g/mol. The second-order valence-corrected chi connectivity index (χ2v) is 6.54. The molecule has 78 valence electrons. The van der Waals surface area contributed by atoms with Crippen LogP contribution in [0.15, 0.2) is 0 Å². The lowest BCUT2D eigenvalue weighted by molar-refractivity contribution is 0.302. The molecule has 0 aliphatic carbocycles. The summed E-state index contributed by atoms with van der Waals surface area (Å²) in [7, 11) is 0. The molecule has 13 heavy (non-hydrogen) atoms. The molecular weight excluding hydrogens is 196 g/mol. The van der Waals surface area contributed by atoms with Gasteiger partial charge >= 0.3 is 0 Å². The Hall–Kier alpha value is 0.440. The summed E-state index contributed by atoms with van der Waals surface area (Å²) in [6.45, 7) is 9.01. The zero-order valence-electron chi connectivity index (χ0n) is 9.35. The van der Waals surface area contributed by atoms with Crippen molar-refractivity contribution in [3.63, 3.8) is 0 Å². The second-order valence-electron chi connectivity index (χ2n) is 4.36. The van der Waals surface area contributed by atoms with Gasteiger partial charge in [-0.25, -0.2) is 0 Å². The van der Waals surface area contributed by atoms with Crippen LogP contribution in [0.2, 0.25) is 0 Å². The molecule has 0 saturated carbocycles. The summed E-state index contributed by atoms with van der Waals surface area (Å²) in [6.07, 6.45) is 5.27. The predicted molar refractivity (Wildman–Crippen MR) is 68.7 cm³/mol. The molecule has 0 heterocycles. The van der Waals surface area contributed by atoms with Crippen LogP contribution in [-0.2, 0) is 0 Å². The van der Waals surface area contributed by atoms with Crippen molar-refractivity contribution in [2.24, 2.45) is 5.41 Å². The van der Waals surface area contributed by atoms with Gasteiger partial charge in [0.15, 0.2) is 0 Å². The Morgan fingerprint density at radius 3 is 2.38 bits per heavy atom. The minimum atomic E-state index is 0.532. The molecule has 0 fully saturated rings. The number of thiocarbonyl (C=S) groups is 1. The van der Waals surface area contributed by atoms with E-state index in [4.69, 9.17) is 12.2 Å². The lowest BCUT2D eigenvalue weighted by atomic mass is 9.84. The van der Waals surface area contributed by atoms with Gasteiger partial charge < -0.3 is 0 Å². The molecule has 0 aliphatic heterocycles. The van der Waals surface area contributed by atoms with E-state index in [2.05, 4.69) is 20.8 Å². The first-order valence-electron chi connectivity index (χ1n) is 5.11. The maximum atomic E-state index is 5.02. The SMILES string of the molecule is CCCC(C)(C)CCCSC(C)=S. The zero-order valence-corrected chi connectivity index (χ0v) is 11.0. The fourth-order valence-electron chi connectivity index (χ4n) is 1.57. The maximum absolute atomic E-state index is 5.02. The van der Waals surface area contributed by atoms with Gasteiger partial charge in [-0.15, -0.1) is 11.8 Å². The Morgan fingerprint density at radius 1 is 1.31 bits per heavy atom. The van der Waals surface area contributed by atoms with E-state index in [9.17, 15) is 0 Å². The third kappa shape index (κ3) is 8.76. The maximum Gasteiger partial charge on any atom is 0.0447 e. The van der Waals surface area contributed by atoms with Crippen molar-refractivity contribution in [2.45, 2.75) is 53.4 Å². The van der Waals surface area contributed by atoms with E-state index in [1.807, 2.05) is 18.7 Å². The zero-order chi connectivity index (χ0) is 10.3. The molecule has 0 aliphatic rings. The highest BCUT2D eigenvalue weighted by Gasteiger charge is 2.15. The minimum absolute atomic E-state index is 0.532. The average Bonchev–Trinajstić information content (AvgIpc) is 1.98. The van der Waals surface area contributed by atoms with Crippen LogP contribution in [0, 0.1) is 5.41 Å². The molecule has 2 heteroatoms. The number of rotatable bonds is 6. The topological polar surface area (TPSA) is 0 Å². The standard InChI is InChI=1S/C11H22S2/c1-5-7-11(3,4)8-6-9-13-10(2)12/h5-9H2,1-4H3. The van der Waals surface area contributed by atoms with Gasteiger partial charge in [0.1, 0.15) is 0 Å². The van der Waals surface area contributed by atoms with Gasteiger partial charge in [-0.05, 0) is 37.4 Å². The lowest BCUT2D eigenvalue weighted by Crippen LogP contribution is -2.10. The van der Waals surface area contributed by atoms with Gasteiger partial charge in [0.05, 0.1) is 0 Å². The first-order chi connectivity index (χ1) is 5.98. The van der Waals surface area contributed by atoms with Crippen LogP contribution >= 0.6 is 24.0 Å². The third-order valence-corrected chi connectivity index (χ3v) is 3.48. The monoisotopic (exact) mass is 218 g/mol. The Balaban J connectivity index is 3.45. The quantitative estimate of drug-likeness (QED) is 0.469. The van der Waals surface area contributed by atoms with Crippen LogP contribution in [-0.4, -0.2) is 9.95 Å². The van der Waals surface area contributed by atoms with Crippen molar-refractivity contribution in [2.75, 3.05) is 5.75 Å². The van der Waals surface area contributed by atoms with E-state index in [1.54, 1.807) is 0 Å². The van der Waals surface area contributed by atoms with E-state index < -0.39 is 0 Å². The summed E-state index contributed by atoms with van der Waals surface area (Å²) in [5.41, 5.74) is 0.532. The molecular formula is C11H22S2. The largest absolute Gasteiger partial charge is 0.119 e. The minimum Gasteiger partial charge on any atom is -0.119 e. The van der Waals surface area contributed by atoms with Crippen molar-refractivity contribution < 1.29 is 0 Å². The van der Waals surface area contributed by atoms with E-state index in [-0.39, 0.29) is 0 Å². The van der Waals surface area contributed by atoms with Gasteiger partial charge in [-0.3, -0.25) is 0 Å². The first kappa shape index (κ1) is 13.4. The molecule has 0 aromatic carbocycles. The molecule has 0 radical (unpaired) electrons. The molecule has 0 spiro atoms. The summed E-state index contributed by atoms with van der Waals surface area (Å²) in [4.78, 5) is 0. The fraction of sp³-hybridized carbons (Fsp3) is 0.909. The van der Waals surface area contributed by atoms with Crippen molar-refractivity contribution in [1.29, 1.82) is 0 Å². The fourth-order valence-corrected chi connectivity index (χ4v) is 2.39. The highest BCUT2D eigenvalue weighted by molar-refractivity contribution is 8.23. The summed E-state index contributed by atoms with van der Waals surface area (Å²) in [5.74, 6) is 1.20. The molecule has 0 aromatic rings. The van der Waals surface area contributed by atoms with E-state index in [1.165, 1.54) is 31.4 Å². The molecule has 0 nitrogen and oxygen atoms in total. The van der Waals surface area contributed by atoms with Crippen molar-refractivity contribution in [3.05, 3.63) is 0 Å². The number of hydrogen-bond acceptors (Lipinski definition) is 2. The molecule has 0 saturated heterocycles. The van der Waals surface area contributed by atoms with Crippen molar-refractivity contribution >= 4 is 28.2 Å². The number of hydrogen-bond donors (Lipinski definition) is 0. The Morgan fingerprint density at radius 2 is 1.92 bits per heavy atom. The van der Waals surface area contributed by atoms with E-state index >= 15 is 0 Å². The summed E-state index contributed by atoms with van der Waals surface area (Å²) < 4.78 is 1.08. The van der Waals surface area contributed by atoms with Gasteiger partial charge in [0.25, 0.3) is 0 Å². The van der Waals surface area contributed by atoms with Gasteiger partial charge in [0, 0.05) is 4.20 Å². The van der Waals surface area contributed by atoms with Gasteiger partial charge in [-0.1, -0.05) is 39.4 Å². The Bertz CT molecular complexity index is 150. The first-order valence-corrected chi connectivity index (χ1v) is 6.50. The van der Waals surface area contributed by atoms with Gasteiger partial charge in [0.2, 0.25) is 0 Å². The summed E-state index contributed by atoms with van der Waals surface area (Å²) >= 11 is 6.84. The Labute approximate surface area is 92.9 Å². The lowest BCUT2D eigenvalue weighted by Gasteiger charge is -2.23. The smallest absolute Gasteiger partial charge is 0.0447 e. The van der Waals surface area contributed by atoms with Crippen molar-refractivity contribution in [3.8, 4) is 0 Å². The normalized spacial score (nSPS) is 11.7. The van der Waals surface area contributed by atoms with Crippen LogP contribution in [0.4, 0.5) is 0 Å². The molecule has 0 N–H and O–H groups in total. The molecule has 0 unspecified atom stereocenters. The van der Waals surface area contributed by atoms with E-state index in [0.717, 1.165) is 4.20 Å².